The van der Waals surface area contributed by atoms with Crippen LogP contribution in [-0.4, -0.2) is 11.5 Å². The molecule has 3 rings (SSSR count). The lowest BCUT2D eigenvalue weighted by Crippen LogP contribution is -2.19. The first-order chi connectivity index (χ1) is 8.78. The predicted molar refractivity (Wildman–Crippen MR) is 70.8 cm³/mol. The van der Waals surface area contributed by atoms with Crippen LogP contribution in [0.1, 0.15) is 31.4 Å². The monoisotopic (exact) mass is 242 g/mol. The number of nitrogen functional groups attached to an aromatic ring is 1. The average Bonchev–Trinajstić information content (AvgIpc) is 3.25. The summed E-state index contributed by atoms with van der Waals surface area (Å²) in [5.41, 5.74) is 6.42. The number of nitrogens with two attached hydrogens (primary N) is 1. The lowest BCUT2D eigenvalue weighted by Gasteiger charge is -2.16. The number of nitrogens with one attached hydrogen (secondary N) is 1. The Bertz CT molecular complexity index is 471. The number of nitrogens with zero attached hydrogens (tertiary/aromatic N) is 2. The molecule has 18 heavy (non-hydrogen) atoms. The van der Waals surface area contributed by atoms with Crippen LogP contribution in [0.3, 0.4) is 0 Å². The Balaban J connectivity index is 1.63. The minimum absolute atomic E-state index is 0.314. The van der Waals surface area contributed by atoms with E-state index < -0.39 is 0 Å². The number of anilines is 2. The van der Waals surface area contributed by atoms with Crippen LogP contribution >= 0.6 is 0 Å². The SMILES string of the molecule is N#Cc1nc(NCC(C2CC2)C2CC2)ccc1N. The number of nitriles is 1. The zero-order valence-corrected chi connectivity index (χ0v) is 10.4. The van der Waals surface area contributed by atoms with Crippen LogP contribution in [0.4, 0.5) is 11.5 Å². The molecule has 2 aliphatic carbocycles. The van der Waals surface area contributed by atoms with Crippen molar-refractivity contribution in [3.63, 3.8) is 0 Å². The van der Waals surface area contributed by atoms with Crippen molar-refractivity contribution in [2.75, 3.05) is 17.6 Å². The Labute approximate surface area is 107 Å². The maximum absolute atomic E-state index is 8.90. The summed E-state index contributed by atoms with van der Waals surface area (Å²) in [6.07, 6.45) is 5.56. The van der Waals surface area contributed by atoms with Gasteiger partial charge in [0.15, 0.2) is 5.69 Å². The van der Waals surface area contributed by atoms with Crippen molar-refractivity contribution in [1.29, 1.82) is 5.26 Å². The molecule has 0 saturated heterocycles. The molecule has 0 bridgehead atoms. The van der Waals surface area contributed by atoms with Gasteiger partial charge in [-0.05, 0) is 55.6 Å². The van der Waals surface area contributed by atoms with Crippen LogP contribution in [0.25, 0.3) is 0 Å². The summed E-state index contributed by atoms with van der Waals surface area (Å²) in [6, 6.07) is 5.62. The fourth-order valence-electron chi connectivity index (χ4n) is 2.65. The minimum atomic E-state index is 0.314. The minimum Gasteiger partial charge on any atom is -0.396 e. The third-order valence-electron chi connectivity index (χ3n) is 4.01. The molecule has 0 spiro atoms. The summed E-state index contributed by atoms with van der Waals surface area (Å²) in [6.45, 7) is 0.983. The van der Waals surface area contributed by atoms with Crippen molar-refractivity contribution in [1.82, 2.24) is 4.98 Å². The van der Waals surface area contributed by atoms with Crippen molar-refractivity contribution < 1.29 is 0 Å². The van der Waals surface area contributed by atoms with Gasteiger partial charge in [-0.25, -0.2) is 4.98 Å². The summed E-state index contributed by atoms with van der Waals surface area (Å²) in [4.78, 5) is 4.22. The molecule has 0 aromatic carbocycles. The molecule has 1 heterocycles. The fraction of sp³-hybridized carbons (Fsp3) is 0.571. The molecule has 0 atom stereocenters. The van der Waals surface area contributed by atoms with Crippen LogP contribution in [0, 0.1) is 29.1 Å². The number of hydrogen-bond donors (Lipinski definition) is 2. The van der Waals surface area contributed by atoms with E-state index in [-0.39, 0.29) is 0 Å². The smallest absolute Gasteiger partial charge is 0.165 e. The van der Waals surface area contributed by atoms with Crippen molar-refractivity contribution in [2.45, 2.75) is 25.7 Å². The molecule has 1 aromatic rings. The third-order valence-corrected chi connectivity index (χ3v) is 4.01. The fourth-order valence-corrected chi connectivity index (χ4v) is 2.65. The van der Waals surface area contributed by atoms with E-state index in [1.807, 2.05) is 12.1 Å². The average molecular weight is 242 g/mol. The van der Waals surface area contributed by atoms with Gasteiger partial charge in [0.05, 0.1) is 5.69 Å². The molecule has 0 radical (unpaired) electrons. The number of aromatic nitrogens is 1. The van der Waals surface area contributed by atoms with E-state index >= 15 is 0 Å². The Kier molecular flexibility index (Phi) is 2.83. The van der Waals surface area contributed by atoms with E-state index in [0.29, 0.717) is 11.4 Å². The number of rotatable bonds is 5. The normalized spacial score (nSPS) is 18.7. The van der Waals surface area contributed by atoms with Crippen LogP contribution < -0.4 is 11.1 Å². The van der Waals surface area contributed by atoms with E-state index in [2.05, 4.69) is 10.3 Å². The Hall–Kier alpha value is -1.76. The highest BCUT2D eigenvalue weighted by Crippen LogP contribution is 2.49. The van der Waals surface area contributed by atoms with Crippen LogP contribution in [0.2, 0.25) is 0 Å². The van der Waals surface area contributed by atoms with E-state index in [1.54, 1.807) is 6.07 Å². The van der Waals surface area contributed by atoms with Crippen molar-refractivity contribution in [3.8, 4) is 6.07 Å². The van der Waals surface area contributed by atoms with Gasteiger partial charge in [-0.15, -0.1) is 0 Å². The molecular weight excluding hydrogens is 224 g/mol. The topological polar surface area (TPSA) is 74.7 Å². The van der Waals surface area contributed by atoms with Gasteiger partial charge in [-0.2, -0.15) is 5.26 Å². The zero-order chi connectivity index (χ0) is 12.5. The maximum atomic E-state index is 8.90. The lowest BCUT2D eigenvalue weighted by atomic mass is 9.98. The molecule has 3 N–H and O–H groups in total. The van der Waals surface area contributed by atoms with E-state index in [1.165, 1.54) is 25.7 Å². The van der Waals surface area contributed by atoms with Crippen LogP contribution in [0.15, 0.2) is 12.1 Å². The zero-order valence-electron chi connectivity index (χ0n) is 10.4. The lowest BCUT2D eigenvalue weighted by molar-refractivity contribution is 0.427. The molecule has 1 aromatic heterocycles. The predicted octanol–water partition coefficient (Wildman–Crippen LogP) is 2.38. The maximum Gasteiger partial charge on any atom is 0.165 e. The molecule has 0 amide bonds. The first-order valence-electron chi connectivity index (χ1n) is 6.68. The molecule has 2 aliphatic rings. The van der Waals surface area contributed by atoms with Gasteiger partial charge in [0.2, 0.25) is 0 Å². The van der Waals surface area contributed by atoms with Gasteiger partial charge in [0.1, 0.15) is 11.9 Å². The molecule has 0 unspecified atom stereocenters. The van der Waals surface area contributed by atoms with Crippen molar-refractivity contribution in [3.05, 3.63) is 17.8 Å². The molecule has 0 aliphatic heterocycles. The molecule has 94 valence electrons. The van der Waals surface area contributed by atoms with Gasteiger partial charge in [-0.3, -0.25) is 0 Å². The summed E-state index contributed by atoms with van der Waals surface area (Å²) < 4.78 is 0. The summed E-state index contributed by atoms with van der Waals surface area (Å²) in [5.74, 6) is 3.42. The highest BCUT2D eigenvalue weighted by Gasteiger charge is 2.40. The molecule has 2 fully saturated rings. The van der Waals surface area contributed by atoms with Gasteiger partial charge in [-0.1, -0.05) is 0 Å². The summed E-state index contributed by atoms with van der Waals surface area (Å²) in [7, 11) is 0. The second-order valence-electron chi connectivity index (χ2n) is 5.47. The van der Waals surface area contributed by atoms with Crippen LogP contribution in [-0.2, 0) is 0 Å². The van der Waals surface area contributed by atoms with Gasteiger partial charge < -0.3 is 11.1 Å². The highest BCUT2D eigenvalue weighted by molar-refractivity contribution is 5.54. The highest BCUT2D eigenvalue weighted by atomic mass is 15.0. The standard InChI is InChI=1S/C14H18N4/c15-7-13-12(16)5-6-14(18-13)17-8-11(9-1-2-9)10-3-4-10/h5-6,9-11H,1-4,8,16H2,(H,17,18). The van der Waals surface area contributed by atoms with E-state index in [0.717, 1.165) is 30.1 Å². The largest absolute Gasteiger partial charge is 0.396 e. The molecule has 2 saturated carbocycles. The summed E-state index contributed by atoms with van der Waals surface area (Å²) in [5, 5.41) is 12.3. The first kappa shape index (κ1) is 11.3. The van der Waals surface area contributed by atoms with Crippen molar-refractivity contribution in [2.24, 2.45) is 17.8 Å². The van der Waals surface area contributed by atoms with Gasteiger partial charge in [0.25, 0.3) is 0 Å². The van der Waals surface area contributed by atoms with Crippen LogP contribution in [0.5, 0.6) is 0 Å². The van der Waals surface area contributed by atoms with Crippen molar-refractivity contribution >= 4 is 11.5 Å². The Morgan fingerprint density at radius 3 is 2.56 bits per heavy atom. The number of pyridine rings is 1. The Morgan fingerprint density at radius 1 is 1.33 bits per heavy atom. The molecule has 4 heteroatoms. The van der Waals surface area contributed by atoms with Gasteiger partial charge in [0, 0.05) is 6.54 Å². The number of hydrogen-bond acceptors (Lipinski definition) is 4. The molecular formula is C14H18N4. The quantitative estimate of drug-likeness (QED) is 0.831. The third kappa shape index (κ3) is 2.40. The first-order valence-corrected chi connectivity index (χ1v) is 6.68. The second kappa shape index (κ2) is 4.49. The van der Waals surface area contributed by atoms with Gasteiger partial charge >= 0.3 is 0 Å². The second-order valence-corrected chi connectivity index (χ2v) is 5.47. The molecule has 4 nitrogen and oxygen atoms in total. The summed E-state index contributed by atoms with van der Waals surface area (Å²) >= 11 is 0. The Morgan fingerprint density at radius 2 is 2.00 bits per heavy atom. The van der Waals surface area contributed by atoms with E-state index in [4.69, 9.17) is 11.0 Å². The van der Waals surface area contributed by atoms with E-state index in [9.17, 15) is 0 Å².